The quantitative estimate of drug-likeness (QED) is 0.547. The first kappa shape index (κ1) is 8.70. The van der Waals surface area contributed by atoms with Crippen molar-refractivity contribution in [1.29, 1.82) is 0 Å². The van der Waals surface area contributed by atoms with Crippen molar-refractivity contribution in [2.45, 2.75) is 27.2 Å². The molecule has 0 unspecified atom stereocenters. The third-order valence-electron chi connectivity index (χ3n) is 1.26. The normalized spacial score (nSPS) is 12.9. The Balaban J connectivity index is 4.21. The van der Waals surface area contributed by atoms with Crippen molar-refractivity contribution < 1.29 is 4.79 Å². The van der Waals surface area contributed by atoms with Gasteiger partial charge in [-0.05, 0) is 13.8 Å². The van der Waals surface area contributed by atoms with Crippen molar-refractivity contribution in [3.63, 3.8) is 0 Å². The van der Waals surface area contributed by atoms with E-state index in [1.165, 1.54) is 0 Å². The predicted molar refractivity (Wildman–Crippen MR) is 39.5 cm³/mol. The second kappa shape index (κ2) is 3.67. The summed E-state index contributed by atoms with van der Waals surface area (Å²) in [6, 6.07) is 0. The molecule has 0 rings (SSSR count). The predicted octanol–water partition coefficient (Wildman–Crippen LogP) is 2.50. The van der Waals surface area contributed by atoms with Crippen LogP contribution in [0.15, 0.2) is 10.6 Å². The van der Waals surface area contributed by atoms with Crippen LogP contribution in [0.25, 0.3) is 0 Å². The highest BCUT2D eigenvalue weighted by Gasteiger charge is 2.01. The zero-order valence-electron chi connectivity index (χ0n) is 5.99. The van der Waals surface area contributed by atoms with Crippen LogP contribution in [0.5, 0.6) is 0 Å². The van der Waals surface area contributed by atoms with Crippen LogP contribution in [0.3, 0.4) is 0 Å². The van der Waals surface area contributed by atoms with E-state index in [4.69, 9.17) is 11.6 Å². The molecule has 0 atom stereocenters. The molecule has 0 aromatic carbocycles. The highest BCUT2D eigenvalue weighted by molar-refractivity contribution is 6.31. The molecule has 0 fully saturated rings. The molecule has 0 aromatic rings. The number of ketones is 1. The first-order valence-electron chi connectivity index (χ1n) is 2.95. The summed E-state index contributed by atoms with van der Waals surface area (Å²) in [5.74, 6) is 0.127. The largest absolute Gasteiger partial charge is 0.295 e. The van der Waals surface area contributed by atoms with Crippen molar-refractivity contribution >= 4 is 17.4 Å². The van der Waals surface area contributed by atoms with Gasteiger partial charge in [0.1, 0.15) is 0 Å². The Morgan fingerprint density at radius 2 is 1.89 bits per heavy atom. The van der Waals surface area contributed by atoms with Gasteiger partial charge < -0.3 is 0 Å². The number of carbonyl (C=O) groups excluding carboxylic acids is 1. The lowest BCUT2D eigenvalue weighted by molar-refractivity contribution is -0.115. The molecule has 0 bridgehead atoms. The van der Waals surface area contributed by atoms with Crippen LogP contribution < -0.4 is 0 Å². The fourth-order valence-electron chi connectivity index (χ4n) is 0.457. The summed E-state index contributed by atoms with van der Waals surface area (Å²) < 4.78 is 0. The first-order chi connectivity index (χ1) is 4.09. The van der Waals surface area contributed by atoms with Crippen molar-refractivity contribution in [3.05, 3.63) is 10.6 Å². The minimum atomic E-state index is 0.127. The Hall–Kier alpha value is -0.300. The van der Waals surface area contributed by atoms with Gasteiger partial charge in [0.15, 0.2) is 5.78 Å². The summed E-state index contributed by atoms with van der Waals surface area (Å²) in [4.78, 5) is 10.8. The maximum Gasteiger partial charge on any atom is 0.159 e. The molecule has 2 heteroatoms. The van der Waals surface area contributed by atoms with E-state index in [0.717, 1.165) is 0 Å². The van der Waals surface area contributed by atoms with E-state index in [9.17, 15) is 4.79 Å². The number of allylic oxidation sites excluding steroid dienone is 2. The average molecular weight is 147 g/mol. The van der Waals surface area contributed by atoms with Gasteiger partial charge in [0.2, 0.25) is 0 Å². The molecule has 0 radical (unpaired) electrons. The number of hydrogen-bond acceptors (Lipinski definition) is 1. The van der Waals surface area contributed by atoms with E-state index in [1.807, 2.05) is 6.92 Å². The highest BCUT2D eigenvalue weighted by Crippen LogP contribution is 2.09. The lowest BCUT2D eigenvalue weighted by Gasteiger charge is -1.95. The second-order valence-corrected chi connectivity index (χ2v) is 2.50. The average Bonchev–Trinajstić information content (AvgIpc) is 1.84. The van der Waals surface area contributed by atoms with E-state index in [2.05, 4.69) is 0 Å². The zero-order valence-corrected chi connectivity index (χ0v) is 6.75. The molecular weight excluding hydrogens is 136 g/mol. The summed E-state index contributed by atoms with van der Waals surface area (Å²) in [5, 5.41) is 0.599. The van der Waals surface area contributed by atoms with E-state index in [0.29, 0.717) is 17.0 Å². The van der Waals surface area contributed by atoms with E-state index < -0.39 is 0 Å². The van der Waals surface area contributed by atoms with Crippen LogP contribution in [0.4, 0.5) is 0 Å². The van der Waals surface area contributed by atoms with Gasteiger partial charge >= 0.3 is 0 Å². The van der Waals surface area contributed by atoms with Crippen LogP contribution in [0.1, 0.15) is 27.2 Å². The van der Waals surface area contributed by atoms with Crippen molar-refractivity contribution in [2.75, 3.05) is 0 Å². The summed E-state index contributed by atoms with van der Waals surface area (Å²) in [6.45, 7) is 5.30. The standard InChI is InChI=1S/C7H11ClO/c1-4-7(9)5(2)6(3)8/h4H2,1-3H3/b6-5-. The minimum absolute atomic E-state index is 0.127. The molecule has 0 spiro atoms. The van der Waals surface area contributed by atoms with Crippen LogP contribution in [-0.2, 0) is 4.79 Å². The van der Waals surface area contributed by atoms with Crippen LogP contribution in [-0.4, -0.2) is 5.78 Å². The number of halogens is 1. The van der Waals surface area contributed by atoms with Crippen molar-refractivity contribution in [2.24, 2.45) is 0 Å². The van der Waals surface area contributed by atoms with Gasteiger partial charge in [0, 0.05) is 17.0 Å². The molecule has 0 saturated heterocycles. The summed E-state index contributed by atoms with van der Waals surface area (Å²) >= 11 is 5.56. The maximum absolute atomic E-state index is 10.8. The number of hydrogen-bond donors (Lipinski definition) is 0. The van der Waals surface area contributed by atoms with E-state index >= 15 is 0 Å². The highest BCUT2D eigenvalue weighted by atomic mass is 35.5. The Labute approximate surface area is 60.7 Å². The molecule has 0 aliphatic heterocycles. The first-order valence-corrected chi connectivity index (χ1v) is 3.33. The third kappa shape index (κ3) is 2.66. The monoisotopic (exact) mass is 146 g/mol. The van der Waals surface area contributed by atoms with Gasteiger partial charge in [0.25, 0.3) is 0 Å². The van der Waals surface area contributed by atoms with E-state index in [1.54, 1.807) is 13.8 Å². The number of Topliss-reactive ketones (excluding diaryl/α,β-unsaturated/α-hetero) is 1. The molecule has 0 heterocycles. The molecule has 1 nitrogen and oxygen atoms in total. The van der Waals surface area contributed by atoms with Gasteiger partial charge in [-0.15, -0.1) is 0 Å². The van der Waals surface area contributed by atoms with Crippen molar-refractivity contribution in [1.82, 2.24) is 0 Å². The zero-order chi connectivity index (χ0) is 7.44. The van der Waals surface area contributed by atoms with Gasteiger partial charge in [0.05, 0.1) is 0 Å². The van der Waals surface area contributed by atoms with Crippen LogP contribution in [0, 0.1) is 0 Å². The minimum Gasteiger partial charge on any atom is -0.295 e. The number of carbonyl (C=O) groups is 1. The Kier molecular flexibility index (Phi) is 3.55. The van der Waals surface area contributed by atoms with E-state index in [-0.39, 0.29) is 5.78 Å². The third-order valence-corrected chi connectivity index (χ3v) is 1.54. The smallest absolute Gasteiger partial charge is 0.159 e. The van der Waals surface area contributed by atoms with Gasteiger partial charge in [-0.25, -0.2) is 0 Å². The second-order valence-electron chi connectivity index (χ2n) is 1.94. The van der Waals surface area contributed by atoms with Crippen LogP contribution in [0.2, 0.25) is 0 Å². The summed E-state index contributed by atoms with van der Waals surface area (Å²) in [5.41, 5.74) is 0.680. The molecular formula is C7H11ClO. The van der Waals surface area contributed by atoms with Crippen LogP contribution >= 0.6 is 11.6 Å². The fourth-order valence-corrected chi connectivity index (χ4v) is 0.563. The molecule has 0 N–H and O–H groups in total. The molecule has 0 saturated carbocycles. The Bertz CT molecular complexity index is 143. The number of rotatable bonds is 2. The molecule has 0 aliphatic rings. The molecule has 0 aliphatic carbocycles. The molecule has 0 amide bonds. The molecule has 0 aromatic heterocycles. The lowest BCUT2D eigenvalue weighted by atomic mass is 10.1. The SMILES string of the molecule is CCC(=O)/C(C)=C(/C)Cl. The fraction of sp³-hybridized carbons (Fsp3) is 0.571. The topological polar surface area (TPSA) is 17.1 Å². The molecule has 9 heavy (non-hydrogen) atoms. The summed E-state index contributed by atoms with van der Waals surface area (Å²) in [7, 11) is 0. The van der Waals surface area contributed by atoms with Gasteiger partial charge in [-0.3, -0.25) is 4.79 Å². The maximum atomic E-state index is 10.8. The lowest BCUT2D eigenvalue weighted by Crippen LogP contribution is -1.96. The van der Waals surface area contributed by atoms with Gasteiger partial charge in [-0.2, -0.15) is 0 Å². The van der Waals surface area contributed by atoms with Crippen molar-refractivity contribution in [3.8, 4) is 0 Å². The molecule has 52 valence electrons. The Morgan fingerprint density at radius 1 is 1.44 bits per heavy atom. The summed E-state index contributed by atoms with van der Waals surface area (Å²) in [6.07, 6.45) is 0.538. The van der Waals surface area contributed by atoms with Gasteiger partial charge in [-0.1, -0.05) is 18.5 Å². The Morgan fingerprint density at radius 3 is 2.00 bits per heavy atom.